The summed E-state index contributed by atoms with van der Waals surface area (Å²) in [5, 5.41) is 10.8. The Morgan fingerprint density at radius 1 is 1.56 bits per heavy atom. The highest BCUT2D eigenvalue weighted by molar-refractivity contribution is 5.64. The van der Waals surface area contributed by atoms with Crippen LogP contribution in [0.2, 0.25) is 0 Å². The van der Waals surface area contributed by atoms with Gasteiger partial charge >= 0.3 is 5.69 Å². The number of hydrogen-bond donors (Lipinski definition) is 1. The van der Waals surface area contributed by atoms with Gasteiger partial charge in [0.25, 0.3) is 0 Å². The van der Waals surface area contributed by atoms with Crippen molar-refractivity contribution >= 4 is 11.4 Å². The number of halogens is 1. The van der Waals surface area contributed by atoms with Crippen LogP contribution in [0, 0.1) is 15.9 Å². The molecule has 16 heavy (non-hydrogen) atoms. The quantitative estimate of drug-likeness (QED) is 0.607. The van der Waals surface area contributed by atoms with Gasteiger partial charge in [-0.2, -0.15) is 4.39 Å². The van der Waals surface area contributed by atoms with E-state index in [1.54, 1.807) is 11.0 Å². The van der Waals surface area contributed by atoms with Crippen molar-refractivity contribution in [1.82, 2.24) is 0 Å². The van der Waals surface area contributed by atoms with Gasteiger partial charge in [-0.15, -0.1) is 0 Å². The molecular weight excluding hydrogens is 213 g/mol. The standard InChI is InChI=1S/C10H12FN3O2/c11-8-2-1-3-9(10(8)14(15)16)13-5-4-7(12)6-13/h1-3,7H,4-6,12H2/t7-/m0/s1. The van der Waals surface area contributed by atoms with E-state index >= 15 is 0 Å². The van der Waals surface area contributed by atoms with E-state index in [-0.39, 0.29) is 6.04 Å². The minimum absolute atomic E-state index is 0.00266. The highest BCUT2D eigenvalue weighted by Crippen LogP contribution is 2.32. The first-order chi connectivity index (χ1) is 7.59. The summed E-state index contributed by atoms with van der Waals surface area (Å²) in [6.45, 7) is 1.16. The summed E-state index contributed by atoms with van der Waals surface area (Å²) in [6, 6.07) is 4.13. The molecule has 0 saturated carbocycles. The van der Waals surface area contributed by atoms with Crippen LogP contribution in [0.4, 0.5) is 15.8 Å². The van der Waals surface area contributed by atoms with Gasteiger partial charge in [-0.1, -0.05) is 6.07 Å². The molecule has 1 aliphatic rings. The Kier molecular flexibility index (Phi) is 2.74. The third-order valence-electron chi connectivity index (χ3n) is 2.71. The Balaban J connectivity index is 2.40. The van der Waals surface area contributed by atoms with Crippen LogP contribution >= 0.6 is 0 Å². The van der Waals surface area contributed by atoms with Crippen LogP contribution in [0.1, 0.15) is 6.42 Å². The number of nitrogens with two attached hydrogens (primary N) is 1. The number of anilines is 1. The first kappa shape index (κ1) is 10.8. The number of hydrogen-bond acceptors (Lipinski definition) is 4. The van der Waals surface area contributed by atoms with Gasteiger partial charge in [0.2, 0.25) is 5.82 Å². The lowest BCUT2D eigenvalue weighted by Gasteiger charge is -2.17. The van der Waals surface area contributed by atoms with Gasteiger partial charge in [-0.3, -0.25) is 10.1 Å². The van der Waals surface area contributed by atoms with Crippen LogP contribution < -0.4 is 10.6 Å². The lowest BCUT2D eigenvalue weighted by molar-refractivity contribution is -0.386. The fourth-order valence-corrected chi connectivity index (χ4v) is 1.95. The Morgan fingerprint density at radius 2 is 2.31 bits per heavy atom. The van der Waals surface area contributed by atoms with Gasteiger partial charge < -0.3 is 10.6 Å². The summed E-state index contributed by atoms with van der Waals surface area (Å²) in [5.74, 6) is -0.803. The average molecular weight is 225 g/mol. The second-order valence-corrected chi connectivity index (χ2v) is 3.86. The fraction of sp³-hybridized carbons (Fsp3) is 0.400. The maximum absolute atomic E-state index is 13.4. The van der Waals surface area contributed by atoms with Crippen molar-refractivity contribution < 1.29 is 9.31 Å². The smallest absolute Gasteiger partial charge is 0.327 e. The molecule has 0 amide bonds. The largest absolute Gasteiger partial charge is 0.364 e. The lowest BCUT2D eigenvalue weighted by atomic mass is 10.2. The van der Waals surface area contributed by atoms with Crippen molar-refractivity contribution in [3.05, 3.63) is 34.1 Å². The minimum Gasteiger partial charge on any atom is -0.364 e. The maximum atomic E-state index is 13.4. The van der Waals surface area contributed by atoms with E-state index in [1.165, 1.54) is 6.07 Å². The lowest BCUT2D eigenvalue weighted by Crippen LogP contribution is -2.26. The van der Waals surface area contributed by atoms with E-state index in [0.717, 1.165) is 12.5 Å². The summed E-state index contributed by atoms with van der Waals surface area (Å²) in [5.41, 5.74) is 5.58. The third-order valence-corrected chi connectivity index (χ3v) is 2.71. The molecule has 6 heteroatoms. The van der Waals surface area contributed by atoms with Crippen LogP contribution in [0.5, 0.6) is 0 Å². The zero-order valence-electron chi connectivity index (χ0n) is 8.60. The molecule has 2 N–H and O–H groups in total. The summed E-state index contributed by atoms with van der Waals surface area (Å²) < 4.78 is 13.4. The van der Waals surface area contributed by atoms with Gasteiger partial charge in [-0.05, 0) is 18.6 Å². The molecule has 1 fully saturated rings. The van der Waals surface area contributed by atoms with E-state index in [2.05, 4.69) is 0 Å². The number of nitrogens with zero attached hydrogens (tertiary/aromatic N) is 2. The van der Waals surface area contributed by atoms with E-state index in [4.69, 9.17) is 5.73 Å². The maximum Gasteiger partial charge on any atom is 0.327 e. The molecule has 0 aliphatic carbocycles. The monoisotopic (exact) mass is 225 g/mol. The Bertz CT molecular complexity index is 425. The zero-order valence-corrected chi connectivity index (χ0v) is 8.60. The Hall–Kier alpha value is -1.69. The van der Waals surface area contributed by atoms with Crippen LogP contribution in [0.15, 0.2) is 18.2 Å². The van der Waals surface area contributed by atoms with Gasteiger partial charge in [0.1, 0.15) is 5.69 Å². The molecule has 0 spiro atoms. The molecule has 1 atom stereocenters. The summed E-state index contributed by atoms with van der Waals surface area (Å²) in [6.07, 6.45) is 0.771. The van der Waals surface area contributed by atoms with Gasteiger partial charge in [0.15, 0.2) is 0 Å². The SMILES string of the molecule is N[C@H]1CCN(c2cccc(F)c2[N+](=O)[O-])C1. The van der Waals surface area contributed by atoms with E-state index in [0.29, 0.717) is 18.8 Å². The van der Waals surface area contributed by atoms with Crippen LogP contribution in [0.25, 0.3) is 0 Å². The van der Waals surface area contributed by atoms with Gasteiger partial charge in [-0.25, -0.2) is 0 Å². The van der Waals surface area contributed by atoms with Crippen molar-refractivity contribution in [2.45, 2.75) is 12.5 Å². The molecule has 1 heterocycles. The molecule has 1 aromatic carbocycles. The van der Waals surface area contributed by atoms with Crippen molar-refractivity contribution in [2.24, 2.45) is 5.73 Å². The average Bonchev–Trinajstić information content (AvgIpc) is 2.63. The Labute approximate surface area is 91.8 Å². The molecule has 0 radical (unpaired) electrons. The molecular formula is C10H12FN3O2. The molecule has 2 rings (SSSR count). The number of rotatable bonds is 2. The predicted octanol–water partition coefficient (Wildman–Crippen LogP) is 1.27. The highest BCUT2D eigenvalue weighted by atomic mass is 19.1. The second kappa shape index (κ2) is 4.05. The highest BCUT2D eigenvalue weighted by Gasteiger charge is 2.28. The number of para-hydroxylation sites is 1. The van der Waals surface area contributed by atoms with Crippen LogP contribution in [-0.2, 0) is 0 Å². The molecule has 86 valence electrons. The first-order valence-corrected chi connectivity index (χ1v) is 5.03. The zero-order chi connectivity index (χ0) is 11.7. The second-order valence-electron chi connectivity index (χ2n) is 3.86. The summed E-state index contributed by atoms with van der Waals surface area (Å²) in [7, 11) is 0. The fourth-order valence-electron chi connectivity index (χ4n) is 1.95. The van der Waals surface area contributed by atoms with E-state index < -0.39 is 16.4 Å². The Morgan fingerprint density at radius 3 is 2.88 bits per heavy atom. The van der Waals surface area contributed by atoms with Crippen LogP contribution in [-0.4, -0.2) is 24.1 Å². The summed E-state index contributed by atoms with van der Waals surface area (Å²) >= 11 is 0. The molecule has 0 aromatic heterocycles. The molecule has 1 saturated heterocycles. The minimum atomic E-state index is -0.803. The molecule has 0 bridgehead atoms. The number of nitro groups is 1. The first-order valence-electron chi connectivity index (χ1n) is 5.03. The number of nitro benzene ring substituents is 1. The normalized spacial score (nSPS) is 20.1. The molecule has 0 unspecified atom stereocenters. The summed E-state index contributed by atoms with van der Waals surface area (Å²) in [4.78, 5) is 11.9. The van der Waals surface area contributed by atoms with Crippen molar-refractivity contribution in [3.8, 4) is 0 Å². The van der Waals surface area contributed by atoms with E-state index in [9.17, 15) is 14.5 Å². The van der Waals surface area contributed by atoms with Crippen molar-refractivity contribution in [3.63, 3.8) is 0 Å². The third kappa shape index (κ3) is 1.83. The molecule has 1 aliphatic heterocycles. The van der Waals surface area contributed by atoms with Gasteiger partial charge in [0, 0.05) is 19.1 Å². The van der Waals surface area contributed by atoms with Crippen molar-refractivity contribution in [2.75, 3.05) is 18.0 Å². The van der Waals surface area contributed by atoms with Crippen molar-refractivity contribution in [1.29, 1.82) is 0 Å². The predicted molar refractivity (Wildman–Crippen MR) is 57.9 cm³/mol. The molecule has 1 aromatic rings. The topological polar surface area (TPSA) is 72.4 Å². The number of benzene rings is 1. The van der Waals surface area contributed by atoms with Crippen LogP contribution in [0.3, 0.4) is 0 Å². The molecule has 5 nitrogen and oxygen atoms in total. The van der Waals surface area contributed by atoms with E-state index in [1.807, 2.05) is 0 Å². The van der Waals surface area contributed by atoms with Gasteiger partial charge in [0.05, 0.1) is 4.92 Å².